The minimum Gasteiger partial charge on any atom is -0.504 e. The monoisotopic (exact) mass is 459 g/mol. The lowest BCUT2D eigenvalue weighted by Gasteiger charge is -2.18. The highest BCUT2D eigenvalue weighted by molar-refractivity contribution is 7.17. The molecule has 1 aliphatic rings. The molecule has 0 saturated carbocycles. The van der Waals surface area contributed by atoms with Gasteiger partial charge in [0, 0.05) is 4.88 Å². The lowest BCUT2D eigenvalue weighted by molar-refractivity contribution is -0.136. The maximum atomic E-state index is 12.5. The average Bonchev–Trinajstić information content (AvgIpc) is 3.11. The van der Waals surface area contributed by atoms with Crippen LogP contribution in [0.5, 0.6) is 11.5 Å². The Morgan fingerprint density at radius 2 is 2.09 bits per heavy atom. The van der Waals surface area contributed by atoms with E-state index in [9.17, 15) is 19.5 Å². The fourth-order valence-corrected chi connectivity index (χ4v) is 4.80. The standard InChI is InChI=1S/C22H25N3O6S/c1-4-31-22(29)18-14-7-5-12(2)9-17(14)32-21(18)24-19(27)20(28)25-23-11-13-6-8-15(26)16(10-13)30-3/h6,8,10-12,26H,4-5,7,9H2,1-3H3,(H,24,27)(H,25,28). The number of hydrazone groups is 1. The van der Waals surface area contributed by atoms with Crippen LogP contribution < -0.4 is 15.5 Å². The number of ether oxygens (including phenoxy) is 2. The third-order valence-electron chi connectivity index (χ3n) is 5.01. The van der Waals surface area contributed by atoms with E-state index in [4.69, 9.17) is 9.47 Å². The van der Waals surface area contributed by atoms with Gasteiger partial charge in [0.2, 0.25) is 0 Å². The van der Waals surface area contributed by atoms with Crippen molar-refractivity contribution in [1.29, 1.82) is 0 Å². The number of phenolic OH excluding ortho intramolecular Hbond substituents is 1. The second kappa shape index (κ2) is 10.3. The highest BCUT2D eigenvalue weighted by Crippen LogP contribution is 2.40. The van der Waals surface area contributed by atoms with Gasteiger partial charge in [-0.2, -0.15) is 5.10 Å². The molecule has 2 aromatic rings. The van der Waals surface area contributed by atoms with Crippen molar-refractivity contribution in [1.82, 2.24) is 5.43 Å². The van der Waals surface area contributed by atoms with Crippen LogP contribution >= 0.6 is 11.3 Å². The SMILES string of the molecule is CCOC(=O)c1c(NC(=O)C(=O)NN=Cc2ccc(O)c(OC)c2)sc2c1CCC(C)C2. The number of amides is 2. The maximum Gasteiger partial charge on any atom is 0.341 e. The molecule has 3 rings (SSSR count). The molecule has 1 atom stereocenters. The van der Waals surface area contributed by atoms with Crippen molar-refractivity contribution in [3.05, 3.63) is 39.8 Å². The molecule has 0 aliphatic heterocycles. The number of carbonyl (C=O) groups is 3. The zero-order chi connectivity index (χ0) is 23.3. The van der Waals surface area contributed by atoms with Crippen molar-refractivity contribution in [2.24, 2.45) is 11.0 Å². The molecule has 1 aliphatic carbocycles. The Morgan fingerprint density at radius 1 is 1.31 bits per heavy atom. The van der Waals surface area contributed by atoms with Crippen LogP contribution in [0.25, 0.3) is 0 Å². The van der Waals surface area contributed by atoms with Gasteiger partial charge in [-0.3, -0.25) is 9.59 Å². The van der Waals surface area contributed by atoms with Crippen molar-refractivity contribution in [3.8, 4) is 11.5 Å². The topological polar surface area (TPSA) is 126 Å². The van der Waals surface area contributed by atoms with Crippen LogP contribution in [0.15, 0.2) is 23.3 Å². The van der Waals surface area contributed by atoms with Crippen LogP contribution in [-0.2, 0) is 27.2 Å². The minimum atomic E-state index is -0.985. The fourth-order valence-electron chi connectivity index (χ4n) is 3.41. The van der Waals surface area contributed by atoms with Crippen molar-refractivity contribution in [2.45, 2.75) is 33.1 Å². The van der Waals surface area contributed by atoms with Crippen LogP contribution in [-0.4, -0.2) is 42.8 Å². The number of methoxy groups -OCH3 is 1. The number of rotatable bonds is 6. The molecule has 9 nitrogen and oxygen atoms in total. The van der Waals surface area contributed by atoms with Gasteiger partial charge in [0.25, 0.3) is 0 Å². The summed E-state index contributed by atoms with van der Waals surface area (Å²) >= 11 is 1.30. The van der Waals surface area contributed by atoms with Gasteiger partial charge in [0.15, 0.2) is 11.5 Å². The lowest BCUT2D eigenvalue weighted by Crippen LogP contribution is -2.32. The number of thiophene rings is 1. The number of phenols is 1. The molecule has 170 valence electrons. The highest BCUT2D eigenvalue weighted by atomic mass is 32.1. The van der Waals surface area contributed by atoms with Crippen molar-refractivity contribution in [3.63, 3.8) is 0 Å². The lowest BCUT2D eigenvalue weighted by atomic mass is 9.88. The molecular formula is C22H25N3O6S. The number of fused-ring (bicyclic) bond motifs is 1. The summed E-state index contributed by atoms with van der Waals surface area (Å²) in [5.74, 6) is -1.73. The number of hydrogen-bond donors (Lipinski definition) is 3. The number of aromatic hydroxyl groups is 1. The molecular weight excluding hydrogens is 434 g/mol. The molecule has 1 aromatic heterocycles. The summed E-state index contributed by atoms with van der Waals surface area (Å²) in [5, 5.41) is 16.2. The van der Waals surface area contributed by atoms with Crippen LogP contribution in [0, 0.1) is 5.92 Å². The van der Waals surface area contributed by atoms with Gasteiger partial charge in [-0.1, -0.05) is 6.92 Å². The van der Waals surface area contributed by atoms with Gasteiger partial charge < -0.3 is 19.9 Å². The third kappa shape index (κ3) is 5.25. The number of esters is 1. The Morgan fingerprint density at radius 3 is 2.81 bits per heavy atom. The normalized spacial score (nSPS) is 15.2. The van der Waals surface area contributed by atoms with Crippen molar-refractivity contribution in [2.75, 3.05) is 19.0 Å². The first-order chi connectivity index (χ1) is 15.3. The van der Waals surface area contributed by atoms with E-state index in [2.05, 4.69) is 22.8 Å². The van der Waals surface area contributed by atoms with Gasteiger partial charge in [-0.25, -0.2) is 10.2 Å². The smallest absolute Gasteiger partial charge is 0.341 e. The molecule has 0 spiro atoms. The Labute approximate surface area is 189 Å². The van der Waals surface area contributed by atoms with Crippen LogP contribution in [0.3, 0.4) is 0 Å². The molecule has 0 saturated heterocycles. The second-order valence-electron chi connectivity index (χ2n) is 7.36. The average molecular weight is 460 g/mol. The molecule has 0 bridgehead atoms. The number of hydrogen-bond acceptors (Lipinski definition) is 8. The largest absolute Gasteiger partial charge is 0.504 e. The van der Waals surface area contributed by atoms with E-state index in [-0.39, 0.29) is 18.1 Å². The Balaban J connectivity index is 1.71. The van der Waals surface area contributed by atoms with Gasteiger partial charge in [-0.05, 0) is 61.4 Å². The Bertz CT molecular complexity index is 1060. The van der Waals surface area contributed by atoms with Gasteiger partial charge in [0.05, 0.1) is 25.5 Å². The zero-order valence-electron chi connectivity index (χ0n) is 18.1. The fraction of sp³-hybridized carbons (Fsp3) is 0.364. The van der Waals surface area contributed by atoms with E-state index >= 15 is 0 Å². The summed E-state index contributed by atoms with van der Waals surface area (Å²) in [6, 6.07) is 4.51. The first kappa shape index (κ1) is 23.3. The molecule has 2 amide bonds. The van der Waals surface area contributed by atoms with E-state index in [0.29, 0.717) is 22.0 Å². The Kier molecular flexibility index (Phi) is 7.47. The molecule has 32 heavy (non-hydrogen) atoms. The highest BCUT2D eigenvalue weighted by Gasteiger charge is 2.30. The summed E-state index contributed by atoms with van der Waals surface area (Å²) in [4.78, 5) is 38.2. The van der Waals surface area contributed by atoms with Gasteiger partial charge in [0.1, 0.15) is 5.00 Å². The summed E-state index contributed by atoms with van der Waals surface area (Å²) < 4.78 is 10.2. The summed E-state index contributed by atoms with van der Waals surface area (Å²) in [6.07, 6.45) is 3.79. The molecule has 1 aromatic carbocycles. The first-order valence-electron chi connectivity index (χ1n) is 10.2. The summed E-state index contributed by atoms with van der Waals surface area (Å²) in [6.45, 7) is 4.07. The van der Waals surface area contributed by atoms with Crippen molar-refractivity contribution < 1.29 is 29.0 Å². The quantitative estimate of drug-likeness (QED) is 0.264. The summed E-state index contributed by atoms with van der Waals surface area (Å²) in [7, 11) is 1.41. The molecule has 0 radical (unpaired) electrons. The van der Waals surface area contributed by atoms with Crippen LogP contribution in [0.1, 0.15) is 46.6 Å². The third-order valence-corrected chi connectivity index (χ3v) is 6.18. The minimum absolute atomic E-state index is 0.0292. The molecule has 10 heteroatoms. The maximum absolute atomic E-state index is 12.5. The predicted octanol–water partition coefficient (Wildman–Crippen LogP) is 2.85. The summed E-state index contributed by atoms with van der Waals surface area (Å²) in [5.41, 5.74) is 3.92. The van der Waals surface area contributed by atoms with Crippen LogP contribution in [0.4, 0.5) is 5.00 Å². The van der Waals surface area contributed by atoms with Crippen LogP contribution in [0.2, 0.25) is 0 Å². The van der Waals surface area contributed by atoms with E-state index in [1.165, 1.54) is 36.8 Å². The predicted molar refractivity (Wildman–Crippen MR) is 120 cm³/mol. The van der Waals surface area contributed by atoms with Gasteiger partial charge >= 0.3 is 17.8 Å². The molecule has 1 heterocycles. The number of nitrogens with zero attached hydrogens (tertiary/aromatic N) is 1. The van der Waals surface area contributed by atoms with E-state index in [1.807, 2.05) is 0 Å². The van der Waals surface area contributed by atoms with E-state index in [0.717, 1.165) is 29.7 Å². The molecule has 1 unspecified atom stereocenters. The molecule has 0 fully saturated rings. The number of nitrogens with one attached hydrogen (secondary N) is 2. The molecule has 3 N–H and O–H groups in total. The van der Waals surface area contributed by atoms with E-state index in [1.54, 1.807) is 13.0 Å². The van der Waals surface area contributed by atoms with Crippen molar-refractivity contribution >= 4 is 40.3 Å². The Hall–Kier alpha value is -3.40. The first-order valence-corrected chi connectivity index (χ1v) is 11.0. The number of anilines is 1. The van der Waals surface area contributed by atoms with E-state index < -0.39 is 17.8 Å². The zero-order valence-corrected chi connectivity index (χ0v) is 18.9. The number of carbonyl (C=O) groups excluding carboxylic acids is 3. The second-order valence-corrected chi connectivity index (χ2v) is 8.47. The number of benzene rings is 1. The van der Waals surface area contributed by atoms with Gasteiger partial charge in [-0.15, -0.1) is 11.3 Å².